The topological polar surface area (TPSA) is 12.9 Å². The molecule has 0 saturated heterocycles. The molecule has 3 rings (SSSR count). The first kappa shape index (κ1) is 19.4. The van der Waals surface area contributed by atoms with Crippen molar-refractivity contribution in [3.63, 3.8) is 0 Å². The van der Waals surface area contributed by atoms with Gasteiger partial charge in [0.25, 0.3) is 0 Å². The molecule has 0 N–H and O–H groups in total. The first-order chi connectivity index (χ1) is 12.3. The van der Waals surface area contributed by atoms with Crippen LogP contribution in [0.2, 0.25) is 5.02 Å². The predicted octanol–water partition coefficient (Wildman–Crippen LogP) is 7.12. The molecule has 0 aliphatic rings. The van der Waals surface area contributed by atoms with E-state index in [1.165, 1.54) is 22.6 Å². The highest BCUT2D eigenvalue weighted by atomic mass is 35.5. The average molecular weight is 406 g/mol. The number of benzene rings is 2. The lowest BCUT2D eigenvalue weighted by Crippen LogP contribution is -2.10. The Morgan fingerprint density at radius 2 is 1.85 bits per heavy atom. The molecule has 5 heteroatoms. The molecule has 0 atom stereocenters. The monoisotopic (exact) mass is 405 g/mol. The SMILES string of the molecule is CC(C)(C)c1ccc(SCc2csc(Cc3ccc(F)cc3Cl)n2)cc1. The second-order valence-corrected chi connectivity index (χ2v) is 9.61. The molecule has 0 unspecified atom stereocenters. The molecular formula is C21H21ClFNS2. The Hall–Kier alpha value is -1.36. The zero-order valence-electron chi connectivity index (χ0n) is 15.1. The molecule has 0 spiro atoms. The standard InChI is InChI=1S/C21H21ClFNS2/c1-21(2,3)15-5-8-18(9-6-15)25-12-17-13-26-20(24-17)10-14-4-7-16(23)11-19(14)22/h4-9,11,13H,10,12H2,1-3H3. The van der Waals surface area contributed by atoms with Crippen molar-refractivity contribution in [3.05, 3.63) is 80.5 Å². The fourth-order valence-corrected chi connectivity index (χ4v) is 4.48. The van der Waals surface area contributed by atoms with Crippen LogP contribution < -0.4 is 0 Å². The van der Waals surface area contributed by atoms with Crippen LogP contribution in [-0.2, 0) is 17.6 Å². The number of nitrogens with zero attached hydrogens (tertiary/aromatic N) is 1. The second kappa shape index (κ2) is 8.12. The minimum absolute atomic E-state index is 0.175. The first-order valence-electron chi connectivity index (χ1n) is 8.42. The van der Waals surface area contributed by atoms with E-state index >= 15 is 0 Å². The summed E-state index contributed by atoms with van der Waals surface area (Å²) in [6.07, 6.45) is 0.634. The maximum Gasteiger partial charge on any atom is 0.124 e. The van der Waals surface area contributed by atoms with Crippen molar-refractivity contribution in [2.75, 3.05) is 0 Å². The molecule has 1 nitrogen and oxygen atoms in total. The van der Waals surface area contributed by atoms with Crippen molar-refractivity contribution in [2.24, 2.45) is 0 Å². The molecule has 0 bridgehead atoms. The molecular weight excluding hydrogens is 385 g/mol. The van der Waals surface area contributed by atoms with E-state index < -0.39 is 0 Å². The summed E-state index contributed by atoms with van der Waals surface area (Å²) in [6, 6.07) is 13.3. The minimum atomic E-state index is -0.313. The van der Waals surface area contributed by atoms with Crippen LogP contribution in [0.5, 0.6) is 0 Å². The zero-order chi connectivity index (χ0) is 18.7. The Bertz CT molecular complexity index is 882. The average Bonchev–Trinajstić information content (AvgIpc) is 3.03. The van der Waals surface area contributed by atoms with Crippen LogP contribution >= 0.6 is 34.7 Å². The fraction of sp³-hybridized carbons (Fsp3) is 0.286. The van der Waals surface area contributed by atoms with Crippen molar-refractivity contribution < 1.29 is 4.39 Å². The molecule has 0 aliphatic carbocycles. The molecule has 0 saturated carbocycles. The summed E-state index contributed by atoms with van der Waals surface area (Å²) in [4.78, 5) is 5.93. The third kappa shape index (κ3) is 5.09. The van der Waals surface area contributed by atoms with E-state index in [0.717, 1.165) is 22.0 Å². The quantitative estimate of drug-likeness (QED) is 0.419. The van der Waals surface area contributed by atoms with Gasteiger partial charge in [-0.15, -0.1) is 23.1 Å². The van der Waals surface area contributed by atoms with E-state index in [9.17, 15) is 4.39 Å². The van der Waals surface area contributed by atoms with Crippen LogP contribution in [-0.4, -0.2) is 4.98 Å². The lowest BCUT2D eigenvalue weighted by Gasteiger charge is -2.18. The van der Waals surface area contributed by atoms with E-state index in [0.29, 0.717) is 11.4 Å². The van der Waals surface area contributed by atoms with E-state index in [1.807, 2.05) is 0 Å². The van der Waals surface area contributed by atoms with E-state index in [-0.39, 0.29) is 11.2 Å². The van der Waals surface area contributed by atoms with Crippen LogP contribution in [0.15, 0.2) is 52.7 Å². The normalized spacial score (nSPS) is 11.7. The van der Waals surface area contributed by atoms with Crippen LogP contribution in [0, 0.1) is 5.82 Å². The van der Waals surface area contributed by atoms with Crippen molar-refractivity contribution >= 4 is 34.7 Å². The molecule has 0 amide bonds. The van der Waals surface area contributed by atoms with Gasteiger partial charge in [0, 0.05) is 27.5 Å². The Kier molecular flexibility index (Phi) is 6.06. The van der Waals surface area contributed by atoms with Crippen molar-refractivity contribution in [1.82, 2.24) is 4.98 Å². The van der Waals surface area contributed by atoms with Gasteiger partial charge in [0.15, 0.2) is 0 Å². The van der Waals surface area contributed by atoms with E-state index in [4.69, 9.17) is 11.6 Å². The molecule has 2 aromatic carbocycles. The second-order valence-electron chi connectivity index (χ2n) is 7.21. The Morgan fingerprint density at radius 1 is 1.12 bits per heavy atom. The van der Waals surface area contributed by atoms with Crippen molar-refractivity contribution in [2.45, 2.75) is 43.3 Å². The lowest BCUT2D eigenvalue weighted by atomic mass is 9.87. The predicted molar refractivity (Wildman–Crippen MR) is 111 cm³/mol. The first-order valence-corrected chi connectivity index (χ1v) is 10.7. The van der Waals surface area contributed by atoms with Gasteiger partial charge in [-0.3, -0.25) is 0 Å². The molecule has 0 radical (unpaired) electrons. The number of thioether (sulfide) groups is 1. The molecule has 0 fully saturated rings. The van der Waals surface area contributed by atoms with E-state index in [1.54, 1.807) is 29.2 Å². The van der Waals surface area contributed by atoms with Crippen LogP contribution in [0.3, 0.4) is 0 Å². The molecule has 26 heavy (non-hydrogen) atoms. The number of rotatable bonds is 5. The fourth-order valence-electron chi connectivity index (χ4n) is 2.53. The number of hydrogen-bond acceptors (Lipinski definition) is 3. The Balaban J connectivity index is 1.60. The highest BCUT2D eigenvalue weighted by Crippen LogP contribution is 2.28. The summed E-state index contributed by atoms with van der Waals surface area (Å²) in [5, 5.41) is 3.54. The largest absolute Gasteiger partial charge is 0.245 e. The summed E-state index contributed by atoms with van der Waals surface area (Å²) in [6.45, 7) is 6.66. The number of hydrogen-bond donors (Lipinski definition) is 0. The summed E-state index contributed by atoms with van der Waals surface area (Å²) in [5.41, 5.74) is 3.48. The highest BCUT2D eigenvalue weighted by molar-refractivity contribution is 7.98. The summed E-state index contributed by atoms with van der Waals surface area (Å²) in [7, 11) is 0. The molecule has 3 aromatic rings. The Morgan fingerprint density at radius 3 is 2.50 bits per heavy atom. The number of thiazole rings is 1. The van der Waals surface area contributed by atoms with Gasteiger partial charge < -0.3 is 0 Å². The molecule has 0 aliphatic heterocycles. The van der Waals surface area contributed by atoms with Gasteiger partial charge >= 0.3 is 0 Å². The molecule has 1 aromatic heterocycles. The van der Waals surface area contributed by atoms with Crippen LogP contribution in [0.4, 0.5) is 4.39 Å². The van der Waals surface area contributed by atoms with Crippen LogP contribution in [0.1, 0.15) is 42.6 Å². The molecule has 136 valence electrons. The number of aromatic nitrogens is 1. The third-order valence-electron chi connectivity index (χ3n) is 4.06. The summed E-state index contributed by atoms with van der Waals surface area (Å²) >= 11 is 9.51. The third-order valence-corrected chi connectivity index (χ3v) is 6.36. The minimum Gasteiger partial charge on any atom is -0.245 e. The zero-order valence-corrected chi connectivity index (χ0v) is 17.4. The maximum absolute atomic E-state index is 13.1. The number of halogens is 2. The van der Waals surface area contributed by atoms with Crippen LogP contribution in [0.25, 0.3) is 0 Å². The highest BCUT2D eigenvalue weighted by Gasteiger charge is 2.13. The van der Waals surface area contributed by atoms with Gasteiger partial charge in [-0.2, -0.15) is 0 Å². The maximum atomic E-state index is 13.1. The molecule has 1 heterocycles. The van der Waals surface area contributed by atoms with Gasteiger partial charge in [-0.05, 0) is 40.8 Å². The van der Waals surface area contributed by atoms with Gasteiger partial charge in [0.2, 0.25) is 0 Å². The lowest BCUT2D eigenvalue weighted by molar-refractivity contribution is 0.590. The van der Waals surface area contributed by atoms with Gasteiger partial charge in [0.05, 0.1) is 10.7 Å². The van der Waals surface area contributed by atoms with Gasteiger partial charge in [0.1, 0.15) is 5.82 Å². The Labute approximate surface area is 167 Å². The van der Waals surface area contributed by atoms with Gasteiger partial charge in [-0.1, -0.05) is 50.6 Å². The van der Waals surface area contributed by atoms with Gasteiger partial charge in [-0.25, -0.2) is 9.37 Å². The van der Waals surface area contributed by atoms with Crippen molar-refractivity contribution in [3.8, 4) is 0 Å². The summed E-state index contributed by atoms with van der Waals surface area (Å²) < 4.78 is 13.1. The van der Waals surface area contributed by atoms with E-state index in [2.05, 4.69) is 55.4 Å². The smallest absolute Gasteiger partial charge is 0.124 e. The summed E-state index contributed by atoms with van der Waals surface area (Å²) in [5.74, 6) is 0.523. The van der Waals surface area contributed by atoms with Crippen molar-refractivity contribution in [1.29, 1.82) is 0 Å².